The second-order valence-electron chi connectivity index (χ2n) is 4.20. The zero-order chi connectivity index (χ0) is 10.8. The molecule has 0 aliphatic carbocycles. The van der Waals surface area contributed by atoms with Gasteiger partial charge in [0.05, 0.1) is 0 Å². The highest BCUT2D eigenvalue weighted by Crippen LogP contribution is 2.18. The third-order valence-electron chi connectivity index (χ3n) is 1.46. The van der Waals surface area contributed by atoms with Gasteiger partial charge in [-0.1, -0.05) is 23.4 Å². The van der Waals surface area contributed by atoms with Gasteiger partial charge in [-0.05, 0) is 39.0 Å². The molecule has 0 spiro atoms. The Bertz CT molecular complexity index is 371. The van der Waals surface area contributed by atoms with Crippen LogP contribution >= 0.6 is 24.2 Å². The minimum atomic E-state index is 0.0130. The summed E-state index contributed by atoms with van der Waals surface area (Å²) in [5.41, 5.74) is 0.927. The van der Waals surface area contributed by atoms with Crippen LogP contribution in [0.25, 0.3) is 0 Å². The summed E-state index contributed by atoms with van der Waals surface area (Å²) in [6, 6.07) is 5.56. The van der Waals surface area contributed by atoms with Crippen LogP contribution in [-0.4, -0.2) is 0 Å². The van der Waals surface area contributed by atoms with Crippen LogP contribution in [0.15, 0.2) is 23.1 Å². The predicted octanol–water partition coefficient (Wildman–Crippen LogP) is 4.03. The third kappa shape index (κ3) is 4.09. The Kier molecular flexibility index (Phi) is 3.53. The molecule has 0 aliphatic heterocycles. The van der Waals surface area contributed by atoms with E-state index in [1.54, 1.807) is 6.07 Å². The summed E-state index contributed by atoms with van der Waals surface area (Å²) >= 11 is 10.1. The first-order valence-electron chi connectivity index (χ1n) is 4.39. The quantitative estimate of drug-likeness (QED) is 0.499. The SMILES string of the molecule is CC(C)(C)C#Cc1cc(S)cc(Cl)c1. The summed E-state index contributed by atoms with van der Waals surface area (Å²) in [6.45, 7) is 6.23. The van der Waals surface area contributed by atoms with Crippen molar-refractivity contribution in [3.05, 3.63) is 28.8 Å². The van der Waals surface area contributed by atoms with Crippen LogP contribution in [0.2, 0.25) is 5.02 Å². The molecular weight excluding hydrogens is 212 g/mol. The molecule has 0 amide bonds. The van der Waals surface area contributed by atoms with Crippen LogP contribution in [0.4, 0.5) is 0 Å². The van der Waals surface area contributed by atoms with E-state index in [1.807, 2.05) is 12.1 Å². The summed E-state index contributed by atoms with van der Waals surface area (Å²) in [6.07, 6.45) is 0. The van der Waals surface area contributed by atoms with Crippen molar-refractivity contribution in [3.8, 4) is 11.8 Å². The molecule has 0 heterocycles. The molecule has 0 aromatic heterocycles. The van der Waals surface area contributed by atoms with Crippen molar-refractivity contribution in [2.75, 3.05) is 0 Å². The van der Waals surface area contributed by atoms with Gasteiger partial charge in [0.1, 0.15) is 0 Å². The Balaban J connectivity index is 3.02. The van der Waals surface area contributed by atoms with Gasteiger partial charge in [0.2, 0.25) is 0 Å². The van der Waals surface area contributed by atoms with Crippen molar-refractivity contribution in [1.82, 2.24) is 0 Å². The monoisotopic (exact) mass is 224 g/mol. The van der Waals surface area contributed by atoms with Crippen molar-refractivity contribution in [1.29, 1.82) is 0 Å². The molecule has 2 heteroatoms. The van der Waals surface area contributed by atoms with Gasteiger partial charge in [-0.15, -0.1) is 12.6 Å². The molecule has 0 aliphatic rings. The van der Waals surface area contributed by atoms with E-state index in [0.29, 0.717) is 5.02 Å². The topological polar surface area (TPSA) is 0 Å². The summed E-state index contributed by atoms with van der Waals surface area (Å²) in [4.78, 5) is 0.843. The minimum Gasteiger partial charge on any atom is -0.143 e. The van der Waals surface area contributed by atoms with E-state index in [4.69, 9.17) is 11.6 Å². The Labute approximate surface area is 96.1 Å². The summed E-state index contributed by atoms with van der Waals surface area (Å²) < 4.78 is 0. The van der Waals surface area contributed by atoms with E-state index >= 15 is 0 Å². The van der Waals surface area contributed by atoms with Gasteiger partial charge in [-0.2, -0.15) is 0 Å². The van der Waals surface area contributed by atoms with Crippen molar-refractivity contribution in [3.63, 3.8) is 0 Å². The predicted molar refractivity (Wildman–Crippen MR) is 65.0 cm³/mol. The second-order valence-corrected chi connectivity index (χ2v) is 5.15. The van der Waals surface area contributed by atoms with E-state index in [2.05, 4.69) is 45.2 Å². The molecule has 0 nitrogen and oxygen atoms in total. The number of thiol groups is 1. The number of hydrogen-bond acceptors (Lipinski definition) is 1. The number of hydrogen-bond donors (Lipinski definition) is 1. The van der Waals surface area contributed by atoms with E-state index in [0.717, 1.165) is 10.5 Å². The molecule has 0 atom stereocenters. The standard InChI is InChI=1S/C12H13ClS/c1-12(2,3)5-4-9-6-10(13)8-11(14)7-9/h6-8,14H,1-3H3. The molecule has 0 saturated heterocycles. The normalized spacial score (nSPS) is 10.6. The zero-order valence-corrected chi connectivity index (χ0v) is 10.2. The van der Waals surface area contributed by atoms with Gasteiger partial charge in [0, 0.05) is 20.9 Å². The van der Waals surface area contributed by atoms with E-state index < -0.39 is 0 Å². The fourth-order valence-corrected chi connectivity index (χ4v) is 1.50. The molecule has 0 fully saturated rings. The lowest BCUT2D eigenvalue weighted by atomic mass is 9.97. The van der Waals surface area contributed by atoms with Crippen LogP contribution in [0.5, 0.6) is 0 Å². The van der Waals surface area contributed by atoms with Gasteiger partial charge >= 0.3 is 0 Å². The lowest BCUT2D eigenvalue weighted by Gasteiger charge is -2.06. The van der Waals surface area contributed by atoms with Crippen molar-refractivity contribution in [2.24, 2.45) is 5.41 Å². The smallest absolute Gasteiger partial charge is 0.0429 e. The Morgan fingerprint density at radius 3 is 2.36 bits per heavy atom. The minimum absolute atomic E-state index is 0.0130. The summed E-state index contributed by atoms with van der Waals surface area (Å²) in [7, 11) is 0. The van der Waals surface area contributed by atoms with Crippen LogP contribution in [0.3, 0.4) is 0 Å². The van der Waals surface area contributed by atoms with Crippen molar-refractivity contribution < 1.29 is 0 Å². The second kappa shape index (κ2) is 4.29. The lowest BCUT2D eigenvalue weighted by Crippen LogP contribution is -1.99. The highest BCUT2D eigenvalue weighted by Gasteiger charge is 2.03. The van der Waals surface area contributed by atoms with Crippen LogP contribution in [-0.2, 0) is 0 Å². The first kappa shape index (κ1) is 11.5. The Morgan fingerprint density at radius 1 is 1.21 bits per heavy atom. The van der Waals surface area contributed by atoms with Crippen LogP contribution < -0.4 is 0 Å². The largest absolute Gasteiger partial charge is 0.143 e. The van der Waals surface area contributed by atoms with Crippen LogP contribution in [0, 0.1) is 17.3 Å². The first-order valence-corrected chi connectivity index (χ1v) is 5.22. The molecule has 0 unspecified atom stereocenters. The number of benzene rings is 1. The maximum atomic E-state index is 5.88. The van der Waals surface area contributed by atoms with Crippen LogP contribution in [0.1, 0.15) is 26.3 Å². The molecule has 0 saturated carbocycles. The van der Waals surface area contributed by atoms with Gasteiger partial charge in [0.25, 0.3) is 0 Å². The van der Waals surface area contributed by atoms with E-state index in [-0.39, 0.29) is 5.41 Å². The maximum absolute atomic E-state index is 5.88. The molecule has 14 heavy (non-hydrogen) atoms. The van der Waals surface area contributed by atoms with E-state index in [1.165, 1.54) is 0 Å². The zero-order valence-electron chi connectivity index (χ0n) is 8.56. The van der Waals surface area contributed by atoms with Gasteiger partial charge in [-0.3, -0.25) is 0 Å². The molecule has 74 valence electrons. The summed E-state index contributed by atoms with van der Waals surface area (Å²) in [5, 5.41) is 0.677. The highest BCUT2D eigenvalue weighted by atomic mass is 35.5. The van der Waals surface area contributed by atoms with Crippen molar-refractivity contribution in [2.45, 2.75) is 25.7 Å². The molecule has 1 aromatic carbocycles. The molecule has 1 rings (SSSR count). The molecule has 1 aromatic rings. The fraction of sp³-hybridized carbons (Fsp3) is 0.333. The Morgan fingerprint density at radius 2 is 1.86 bits per heavy atom. The third-order valence-corrected chi connectivity index (χ3v) is 1.94. The molecule has 0 radical (unpaired) electrons. The first-order chi connectivity index (χ1) is 6.37. The molecule has 0 N–H and O–H groups in total. The number of rotatable bonds is 0. The van der Waals surface area contributed by atoms with Gasteiger partial charge < -0.3 is 0 Å². The average Bonchev–Trinajstić information content (AvgIpc) is 1.97. The van der Waals surface area contributed by atoms with Gasteiger partial charge in [-0.25, -0.2) is 0 Å². The Hall–Kier alpha value is -0.580. The number of halogens is 1. The molecule has 0 bridgehead atoms. The maximum Gasteiger partial charge on any atom is 0.0429 e. The fourth-order valence-electron chi connectivity index (χ4n) is 0.906. The van der Waals surface area contributed by atoms with Gasteiger partial charge in [0.15, 0.2) is 0 Å². The van der Waals surface area contributed by atoms with Crippen molar-refractivity contribution >= 4 is 24.2 Å². The lowest BCUT2D eigenvalue weighted by molar-refractivity contribution is 0.571. The highest BCUT2D eigenvalue weighted by molar-refractivity contribution is 7.80. The summed E-state index contributed by atoms with van der Waals surface area (Å²) in [5.74, 6) is 6.23. The van der Waals surface area contributed by atoms with E-state index in [9.17, 15) is 0 Å². The average molecular weight is 225 g/mol. The molecular formula is C12H13ClS.